The molecule has 0 aliphatic rings. The Kier molecular flexibility index (Phi) is 3.41. The van der Waals surface area contributed by atoms with E-state index < -0.39 is 29.5 Å². The molecule has 1 N–H and O–H groups in total. The van der Waals surface area contributed by atoms with Gasteiger partial charge in [-0.1, -0.05) is 15.9 Å². The van der Waals surface area contributed by atoms with Crippen LogP contribution in [0.5, 0.6) is 5.75 Å². The fourth-order valence-corrected chi connectivity index (χ4v) is 1.20. The third kappa shape index (κ3) is 2.63. The first-order valence-electron chi connectivity index (χ1n) is 3.69. The highest BCUT2D eigenvalue weighted by Gasteiger charge is 2.43. The van der Waals surface area contributed by atoms with Gasteiger partial charge in [-0.05, 0) is 12.1 Å². The first-order chi connectivity index (χ1) is 7.24. The molecule has 0 saturated heterocycles. The lowest BCUT2D eigenvalue weighted by Crippen LogP contribution is -2.35. The predicted molar refractivity (Wildman–Crippen MR) is 47.3 cm³/mol. The van der Waals surface area contributed by atoms with Crippen LogP contribution >= 0.6 is 15.9 Å². The molecule has 0 amide bonds. The van der Waals surface area contributed by atoms with E-state index in [9.17, 15) is 22.4 Å². The SMILES string of the molecule is O=C(O)C(F)(F)Oc1c(F)cc(Br)cc1F. The highest BCUT2D eigenvalue weighted by atomic mass is 79.9. The molecule has 0 heterocycles. The minimum Gasteiger partial charge on any atom is -0.474 e. The minimum absolute atomic E-state index is 0.0338. The van der Waals surface area contributed by atoms with Crippen molar-refractivity contribution in [2.24, 2.45) is 0 Å². The number of benzene rings is 1. The summed E-state index contributed by atoms with van der Waals surface area (Å²) in [6, 6.07) is 1.33. The van der Waals surface area contributed by atoms with Crippen molar-refractivity contribution >= 4 is 21.9 Å². The molecule has 3 nitrogen and oxygen atoms in total. The summed E-state index contributed by atoms with van der Waals surface area (Å²) in [5.74, 6) is -6.97. The Labute approximate surface area is 94.8 Å². The Hall–Kier alpha value is -1.31. The Morgan fingerprint density at radius 3 is 2.12 bits per heavy atom. The predicted octanol–water partition coefficient (Wildman–Crippen LogP) is 2.78. The van der Waals surface area contributed by atoms with Gasteiger partial charge >= 0.3 is 12.1 Å². The molecule has 1 aromatic rings. The van der Waals surface area contributed by atoms with Gasteiger partial charge in [0.25, 0.3) is 0 Å². The van der Waals surface area contributed by atoms with Crippen LogP contribution in [0.3, 0.4) is 0 Å². The van der Waals surface area contributed by atoms with Gasteiger partial charge < -0.3 is 9.84 Å². The van der Waals surface area contributed by atoms with Crippen LogP contribution in [0.4, 0.5) is 17.6 Å². The van der Waals surface area contributed by atoms with Gasteiger partial charge in [0.15, 0.2) is 17.4 Å². The van der Waals surface area contributed by atoms with Crippen molar-refractivity contribution in [3.05, 3.63) is 28.2 Å². The molecule has 1 aromatic carbocycles. The van der Waals surface area contributed by atoms with E-state index in [1.54, 1.807) is 0 Å². The van der Waals surface area contributed by atoms with E-state index >= 15 is 0 Å². The molecule has 0 aromatic heterocycles. The molecular weight excluding hydrogens is 300 g/mol. The fourth-order valence-electron chi connectivity index (χ4n) is 0.798. The van der Waals surface area contributed by atoms with Gasteiger partial charge in [0, 0.05) is 4.47 Å². The summed E-state index contributed by atoms with van der Waals surface area (Å²) in [6.07, 6.45) is -4.70. The van der Waals surface area contributed by atoms with Crippen LogP contribution in [0.1, 0.15) is 0 Å². The zero-order valence-electron chi connectivity index (χ0n) is 7.31. The molecule has 0 aliphatic heterocycles. The maximum atomic E-state index is 13.0. The number of carboxylic acid groups (broad SMARTS) is 1. The van der Waals surface area contributed by atoms with Crippen molar-refractivity contribution in [2.45, 2.75) is 6.11 Å². The van der Waals surface area contributed by atoms with Gasteiger partial charge in [-0.15, -0.1) is 0 Å². The summed E-state index contributed by atoms with van der Waals surface area (Å²) in [6.45, 7) is 0. The van der Waals surface area contributed by atoms with E-state index in [0.717, 1.165) is 0 Å². The smallest absolute Gasteiger partial charge is 0.474 e. The summed E-state index contributed by atoms with van der Waals surface area (Å²) >= 11 is 2.72. The van der Waals surface area contributed by atoms with Gasteiger partial charge in [0.2, 0.25) is 0 Å². The Balaban J connectivity index is 3.11. The maximum absolute atomic E-state index is 13.0. The van der Waals surface area contributed by atoms with Gasteiger partial charge in [0.05, 0.1) is 0 Å². The number of carboxylic acids is 1. The van der Waals surface area contributed by atoms with Crippen LogP contribution in [0, 0.1) is 11.6 Å². The zero-order chi connectivity index (χ0) is 12.5. The standard InChI is InChI=1S/C8H3BrF4O3/c9-3-1-4(10)6(5(11)2-3)16-8(12,13)7(14)15/h1-2H,(H,14,15). The summed E-state index contributed by atoms with van der Waals surface area (Å²) in [4.78, 5) is 9.99. The summed E-state index contributed by atoms with van der Waals surface area (Å²) in [5, 5.41) is 8.01. The molecule has 88 valence electrons. The monoisotopic (exact) mass is 302 g/mol. The van der Waals surface area contributed by atoms with E-state index in [1.807, 2.05) is 0 Å². The molecule has 0 atom stereocenters. The van der Waals surface area contributed by atoms with Crippen LogP contribution in [0.15, 0.2) is 16.6 Å². The second kappa shape index (κ2) is 4.28. The number of carbonyl (C=O) groups is 1. The molecule has 0 radical (unpaired) electrons. The number of halogens is 5. The third-order valence-corrected chi connectivity index (χ3v) is 1.90. The van der Waals surface area contributed by atoms with E-state index in [1.165, 1.54) is 0 Å². The number of rotatable bonds is 3. The molecule has 0 saturated carbocycles. The Morgan fingerprint density at radius 2 is 1.75 bits per heavy atom. The Bertz CT molecular complexity index is 412. The quantitative estimate of drug-likeness (QED) is 0.873. The summed E-state index contributed by atoms with van der Waals surface area (Å²) < 4.78 is 54.5. The molecule has 16 heavy (non-hydrogen) atoms. The van der Waals surface area contributed by atoms with Gasteiger partial charge in [0.1, 0.15) is 0 Å². The molecule has 0 aliphatic carbocycles. The Morgan fingerprint density at radius 1 is 1.31 bits per heavy atom. The maximum Gasteiger partial charge on any atom is 0.502 e. The van der Waals surface area contributed by atoms with Crippen LogP contribution in [-0.2, 0) is 4.79 Å². The molecular formula is C8H3BrF4O3. The average Bonchev–Trinajstić information content (AvgIpc) is 2.11. The van der Waals surface area contributed by atoms with Crippen molar-refractivity contribution in [1.29, 1.82) is 0 Å². The lowest BCUT2D eigenvalue weighted by atomic mass is 10.3. The largest absolute Gasteiger partial charge is 0.502 e. The topological polar surface area (TPSA) is 46.5 Å². The zero-order valence-corrected chi connectivity index (χ0v) is 8.89. The normalized spacial score (nSPS) is 11.3. The highest BCUT2D eigenvalue weighted by Crippen LogP contribution is 2.30. The first-order valence-corrected chi connectivity index (χ1v) is 4.48. The van der Waals surface area contributed by atoms with Crippen molar-refractivity contribution in [3.8, 4) is 5.75 Å². The van der Waals surface area contributed by atoms with E-state index in [2.05, 4.69) is 20.7 Å². The van der Waals surface area contributed by atoms with Gasteiger partial charge in [-0.2, -0.15) is 8.78 Å². The van der Waals surface area contributed by atoms with E-state index in [4.69, 9.17) is 5.11 Å². The molecule has 0 unspecified atom stereocenters. The number of hydrogen-bond donors (Lipinski definition) is 1. The fraction of sp³-hybridized carbons (Fsp3) is 0.125. The molecule has 8 heteroatoms. The minimum atomic E-state index is -4.70. The molecule has 0 bridgehead atoms. The molecule has 0 fully saturated rings. The van der Waals surface area contributed by atoms with Crippen molar-refractivity contribution in [2.75, 3.05) is 0 Å². The number of hydrogen-bond acceptors (Lipinski definition) is 2. The second-order valence-electron chi connectivity index (χ2n) is 2.62. The second-order valence-corrected chi connectivity index (χ2v) is 3.54. The van der Waals surface area contributed by atoms with Gasteiger partial charge in [-0.3, -0.25) is 0 Å². The number of aliphatic carboxylic acids is 1. The molecule has 1 rings (SSSR count). The van der Waals surface area contributed by atoms with E-state index in [0.29, 0.717) is 12.1 Å². The first kappa shape index (κ1) is 12.8. The molecule has 0 spiro atoms. The summed E-state index contributed by atoms with van der Waals surface area (Å²) in [7, 11) is 0. The van der Waals surface area contributed by atoms with E-state index in [-0.39, 0.29) is 4.47 Å². The third-order valence-electron chi connectivity index (χ3n) is 1.44. The van der Waals surface area contributed by atoms with Crippen molar-refractivity contribution < 1.29 is 32.2 Å². The van der Waals surface area contributed by atoms with Gasteiger partial charge in [-0.25, -0.2) is 13.6 Å². The average molecular weight is 303 g/mol. The van der Waals surface area contributed by atoms with Crippen LogP contribution in [0.25, 0.3) is 0 Å². The highest BCUT2D eigenvalue weighted by molar-refractivity contribution is 9.10. The number of ether oxygens (including phenoxy) is 1. The van der Waals surface area contributed by atoms with Crippen LogP contribution in [-0.4, -0.2) is 17.2 Å². The summed E-state index contributed by atoms with van der Waals surface area (Å²) in [5.41, 5.74) is 0. The van der Waals surface area contributed by atoms with Crippen LogP contribution in [0.2, 0.25) is 0 Å². The van der Waals surface area contributed by atoms with Crippen molar-refractivity contribution in [1.82, 2.24) is 0 Å². The lowest BCUT2D eigenvalue weighted by molar-refractivity contribution is -0.212. The van der Waals surface area contributed by atoms with Crippen molar-refractivity contribution in [3.63, 3.8) is 0 Å². The lowest BCUT2D eigenvalue weighted by Gasteiger charge is -2.14. The van der Waals surface area contributed by atoms with Crippen LogP contribution < -0.4 is 4.74 Å². The number of alkyl halides is 2.